The Labute approximate surface area is 142 Å². The molecule has 0 saturated heterocycles. The zero-order chi connectivity index (χ0) is 17.3. The van der Waals surface area contributed by atoms with E-state index in [1.165, 1.54) is 22.3 Å². The second-order valence-corrected chi connectivity index (χ2v) is 6.60. The van der Waals surface area contributed by atoms with Crippen LogP contribution in [0.4, 0.5) is 10.2 Å². The molecule has 0 radical (unpaired) electrons. The highest BCUT2D eigenvalue weighted by atomic mass is 32.1. The third kappa shape index (κ3) is 2.74. The van der Waals surface area contributed by atoms with E-state index < -0.39 is 0 Å². The molecule has 0 aliphatic heterocycles. The summed E-state index contributed by atoms with van der Waals surface area (Å²) in [5, 5.41) is 9.70. The zero-order valence-electron chi connectivity index (χ0n) is 13.2. The van der Waals surface area contributed by atoms with Crippen molar-refractivity contribution < 1.29 is 9.18 Å². The van der Waals surface area contributed by atoms with E-state index in [1.54, 1.807) is 36.5 Å². The highest BCUT2D eigenvalue weighted by molar-refractivity contribution is 7.20. The van der Waals surface area contributed by atoms with Gasteiger partial charge < -0.3 is 0 Å². The molecule has 2 heterocycles. The Balaban J connectivity index is 2.10. The summed E-state index contributed by atoms with van der Waals surface area (Å²) >= 11 is 1.23. The molecule has 0 N–H and O–H groups in total. The number of carbonyl (C=O) groups is 1. The van der Waals surface area contributed by atoms with Crippen molar-refractivity contribution in [3.05, 3.63) is 58.9 Å². The SMILES string of the molecule is CC(C)N(C(=O)c1cc2c(F)cccc2s1)c1ncccc1C#N. The monoisotopic (exact) mass is 339 g/mol. The van der Waals surface area contributed by atoms with E-state index in [9.17, 15) is 14.4 Å². The lowest BCUT2D eigenvalue weighted by molar-refractivity contribution is 0.0983. The number of anilines is 1. The first-order valence-corrected chi connectivity index (χ1v) is 8.21. The molecule has 1 aromatic carbocycles. The summed E-state index contributed by atoms with van der Waals surface area (Å²) in [6.07, 6.45) is 1.55. The second kappa shape index (κ2) is 6.38. The van der Waals surface area contributed by atoms with Gasteiger partial charge in [-0.1, -0.05) is 6.07 Å². The fourth-order valence-corrected chi connectivity index (χ4v) is 3.51. The summed E-state index contributed by atoms with van der Waals surface area (Å²) in [7, 11) is 0. The van der Waals surface area contributed by atoms with Crippen LogP contribution in [0, 0.1) is 17.1 Å². The molecule has 3 rings (SSSR count). The number of hydrogen-bond acceptors (Lipinski definition) is 4. The van der Waals surface area contributed by atoms with Gasteiger partial charge in [0.05, 0.1) is 10.4 Å². The average Bonchev–Trinajstić information content (AvgIpc) is 3.01. The Kier molecular flexibility index (Phi) is 4.28. The number of carbonyl (C=O) groups excluding carboxylic acids is 1. The number of halogens is 1. The Morgan fingerprint density at radius 1 is 1.33 bits per heavy atom. The van der Waals surface area contributed by atoms with Gasteiger partial charge in [-0.25, -0.2) is 9.37 Å². The summed E-state index contributed by atoms with van der Waals surface area (Å²) < 4.78 is 14.6. The van der Waals surface area contributed by atoms with Crippen LogP contribution in [-0.2, 0) is 0 Å². The number of amides is 1. The molecule has 0 bridgehead atoms. The number of hydrogen-bond donors (Lipinski definition) is 0. The Hall–Kier alpha value is -2.78. The summed E-state index contributed by atoms with van der Waals surface area (Å²) in [5.41, 5.74) is 0.326. The van der Waals surface area contributed by atoms with Gasteiger partial charge in [0.2, 0.25) is 0 Å². The number of nitrogens with zero attached hydrogens (tertiary/aromatic N) is 3. The first-order chi connectivity index (χ1) is 11.5. The zero-order valence-corrected chi connectivity index (χ0v) is 14.0. The molecule has 1 amide bonds. The normalized spacial score (nSPS) is 10.8. The van der Waals surface area contributed by atoms with Crippen LogP contribution in [0.1, 0.15) is 29.1 Å². The van der Waals surface area contributed by atoms with Gasteiger partial charge in [-0.3, -0.25) is 9.69 Å². The quantitative estimate of drug-likeness (QED) is 0.712. The van der Waals surface area contributed by atoms with Crippen molar-refractivity contribution in [2.45, 2.75) is 19.9 Å². The van der Waals surface area contributed by atoms with Crippen molar-refractivity contribution in [1.82, 2.24) is 4.98 Å². The molecular formula is C18H14FN3OS. The van der Waals surface area contributed by atoms with Crippen LogP contribution in [0.3, 0.4) is 0 Å². The topological polar surface area (TPSA) is 57.0 Å². The van der Waals surface area contributed by atoms with Crippen molar-refractivity contribution in [2.24, 2.45) is 0 Å². The van der Waals surface area contributed by atoms with Gasteiger partial charge in [0.15, 0.2) is 5.82 Å². The lowest BCUT2D eigenvalue weighted by atomic mass is 10.2. The maximum atomic E-state index is 13.9. The molecule has 0 unspecified atom stereocenters. The van der Waals surface area contributed by atoms with E-state index in [1.807, 2.05) is 13.8 Å². The number of rotatable bonds is 3. The summed E-state index contributed by atoms with van der Waals surface area (Å²) in [6.45, 7) is 3.70. The molecule has 2 aromatic heterocycles. The molecule has 0 saturated carbocycles. The highest BCUT2D eigenvalue weighted by Crippen LogP contribution is 2.30. The lowest BCUT2D eigenvalue weighted by Gasteiger charge is -2.25. The molecule has 4 nitrogen and oxygen atoms in total. The summed E-state index contributed by atoms with van der Waals surface area (Å²) in [5.74, 6) is -0.326. The number of thiophene rings is 1. The van der Waals surface area contributed by atoms with E-state index in [-0.39, 0.29) is 17.8 Å². The predicted octanol–water partition coefficient (Wildman–Crippen LogP) is 4.36. The summed E-state index contributed by atoms with van der Waals surface area (Å²) in [4.78, 5) is 19.1. The minimum absolute atomic E-state index is 0.199. The van der Waals surface area contributed by atoms with Gasteiger partial charge >= 0.3 is 0 Å². The van der Waals surface area contributed by atoms with Crippen LogP contribution in [0.5, 0.6) is 0 Å². The Morgan fingerprint density at radius 2 is 2.12 bits per heavy atom. The Morgan fingerprint density at radius 3 is 2.79 bits per heavy atom. The number of pyridine rings is 1. The molecule has 6 heteroatoms. The van der Waals surface area contributed by atoms with Gasteiger partial charge in [0.1, 0.15) is 11.9 Å². The molecule has 120 valence electrons. The van der Waals surface area contributed by atoms with Gasteiger partial charge in [-0.2, -0.15) is 5.26 Å². The molecule has 0 spiro atoms. The Bertz CT molecular complexity index is 958. The number of fused-ring (bicyclic) bond motifs is 1. The average molecular weight is 339 g/mol. The second-order valence-electron chi connectivity index (χ2n) is 5.52. The predicted molar refractivity (Wildman–Crippen MR) is 92.7 cm³/mol. The molecule has 0 aliphatic carbocycles. The van der Waals surface area contributed by atoms with Gasteiger partial charge in [0.25, 0.3) is 5.91 Å². The van der Waals surface area contributed by atoms with Crippen molar-refractivity contribution in [1.29, 1.82) is 5.26 Å². The van der Waals surface area contributed by atoms with Crippen LogP contribution in [-0.4, -0.2) is 16.9 Å². The van der Waals surface area contributed by atoms with E-state index in [0.29, 0.717) is 26.3 Å². The van der Waals surface area contributed by atoms with Gasteiger partial charge in [0, 0.05) is 22.3 Å². The number of aromatic nitrogens is 1. The number of nitriles is 1. The maximum absolute atomic E-state index is 13.9. The minimum Gasteiger partial charge on any atom is -0.288 e. The minimum atomic E-state index is -0.352. The third-order valence-corrected chi connectivity index (χ3v) is 4.68. The van der Waals surface area contributed by atoms with Crippen molar-refractivity contribution >= 4 is 33.1 Å². The molecule has 24 heavy (non-hydrogen) atoms. The highest BCUT2D eigenvalue weighted by Gasteiger charge is 2.26. The van der Waals surface area contributed by atoms with Crippen molar-refractivity contribution in [3.63, 3.8) is 0 Å². The summed E-state index contributed by atoms with van der Waals surface area (Å²) in [6, 6.07) is 11.5. The number of benzene rings is 1. The van der Waals surface area contributed by atoms with Crippen LogP contribution < -0.4 is 4.90 Å². The third-order valence-electron chi connectivity index (χ3n) is 3.59. The lowest BCUT2D eigenvalue weighted by Crippen LogP contribution is -2.37. The van der Waals surface area contributed by atoms with Gasteiger partial charge in [-0.15, -0.1) is 11.3 Å². The fourth-order valence-electron chi connectivity index (χ4n) is 2.50. The van der Waals surface area contributed by atoms with Crippen LogP contribution in [0.15, 0.2) is 42.6 Å². The van der Waals surface area contributed by atoms with Gasteiger partial charge in [-0.05, 0) is 44.2 Å². The molecular weight excluding hydrogens is 325 g/mol. The van der Waals surface area contributed by atoms with E-state index in [0.717, 1.165) is 0 Å². The van der Waals surface area contributed by atoms with Crippen molar-refractivity contribution in [3.8, 4) is 6.07 Å². The molecule has 0 atom stereocenters. The first kappa shape index (κ1) is 16.1. The van der Waals surface area contributed by atoms with Crippen LogP contribution >= 0.6 is 11.3 Å². The van der Waals surface area contributed by atoms with E-state index >= 15 is 0 Å². The largest absolute Gasteiger partial charge is 0.288 e. The molecule has 0 aliphatic rings. The molecule has 3 aromatic rings. The van der Waals surface area contributed by atoms with Crippen molar-refractivity contribution in [2.75, 3.05) is 4.90 Å². The fraction of sp³-hybridized carbons (Fsp3) is 0.167. The van der Waals surface area contributed by atoms with Crippen LogP contribution in [0.2, 0.25) is 0 Å². The smallest absolute Gasteiger partial charge is 0.269 e. The van der Waals surface area contributed by atoms with E-state index in [4.69, 9.17) is 0 Å². The first-order valence-electron chi connectivity index (χ1n) is 7.39. The maximum Gasteiger partial charge on any atom is 0.269 e. The van der Waals surface area contributed by atoms with E-state index in [2.05, 4.69) is 11.1 Å². The van der Waals surface area contributed by atoms with Crippen LogP contribution in [0.25, 0.3) is 10.1 Å². The standard InChI is InChI=1S/C18H14FN3OS/c1-11(2)22(17-12(10-20)5-4-8-21-17)18(23)16-9-13-14(19)6-3-7-15(13)24-16/h3-9,11H,1-2H3. The molecule has 0 fully saturated rings.